The van der Waals surface area contributed by atoms with Gasteiger partial charge in [-0.1, -0.05) is 44.5 Å². The number of hydrogen-bond donors (Lipinski definition) is 0. The van der Waals surface area contributed by atoms with Gasteiger partial charge in [0, 0.05) is 10.4 Å². The first kappa shape index (κ1) is 21.8. The Morgan fingerprint density at radius 3 is 2.74 bits per heavy atom. The average Bonchev–Trinajstić information content (AvgIpc) is 3.12. The lowest BCUT2D eigenvalue weighted by Gasteiger charge is -2.21. The first-order valence-corrected chi connectivity index (χ1v) is 12.0. The standard InChI is InChI=1S/C25H30N2O3S/c1-5-19(25(29)30-14-15(2)3)27-22(17-10-8-9-16(4)13-17)26-23-21(24(27)28)18-11-6-7-12-20(18)31-23/h8-10,13,15,19H,5-7,11-12,14H2,1-4H3. The van der Waals surface area contributed by atoms with Gasteiger partial charge in [-0.2, -0.15) is 0 Å². The number of carbonyl (C=O) groups excluding carboxylic acids is 1. The lowest BCUT2D eigenvalue weighted by molar-refractivity contribution is -0.148. The third-order valence-corrected chi connectivity index (χ3v) is 7.01. The van der Waals surface area contributed by atoms with E-state index in [0.717, 1.165) is 47.2 Å². The van der Waals surface area contributed by atoms with Crippen molar-refractivity contribution in [3.8, 4) is 11.4 Å². The highest BCUT2D eigenvalue weighted by Crippen LogP contribution is 2.35. The minimum atomic E-state index is -0.696. The summed E-state index contributed by atoms with van der Waals surface area (Å²) in [5, 5.41) is 0.700. The van der Waals surface area contributed by atoms with Crippen LogP contribution in [0.25, 0.3) is 21.6 Å². The molecule has 3 aromatic rings. The van der Waals surface area contributed by atoms with Crippen LogP contribution in [0.4, 0.5) is 0 Å². The fourth-order valence-electron chi connectivity index (χ4n) is 4.29. The molecule has 6 heteroatoms. The molecule has 0 fully saturated rings. The van der Waals surface area contributed by atoms with Crippen molar-refractivity contribution in [2.45, 2.75) is 65.8 Å². The van der Waals surface area contributed by atoms with Crippen molar-refractivity contribution in [1.29, 1.82) is 0 Å². The van der Waals surface area contributed by atoms with Gasteiger partial charge in [0.2, 0.25) is 0 Å². The maximum absolute atomic E-state index is 13.9. The van der Waals surface area contributed by atoms with Crippen LogP contribution in [-0.4, -0.2) is 22.1 Å². The number of ether oxygens (including phenoxy) is 1. The summed E-state index contributed by atoms with van der Waals surface area (Å²) in [4.78, 5) is 34.0. The van der Waals surface area contributed by atoms with Crippen molar-refractivity contribution >= 4 is 27.5 Å². The monoisotopic (exact) mass is 438 g/mol. The fourth-order valence-corrected chi connectivity index (χ4v) is 5.55. The first-order chi connectivity index (χ1) is 14.9. The van der Waals surface area contributed by atoms with Crippen molar-refractivity contribution in [3.05, 3.63) is 50.6 Å². The molecule has 1 aliphatic carbocycles. The Kier molecular flexibility index (Phi) is 6.28. The number of hydrogen-bond acceptors (Lipinski definition) is 5. The van der Waals surface area contributed by atoms with Gasteiger partial charge >= 0.3 is 5.97 Å². The quantitative estimate of drug-likeness (QED) is 0.479. The van der Waals surface area contributed by atoms with Crippen LogP contribution in [0, 0.1) is 12.8 Å². The number of esters is 1. The van der Waals surface area contributed by atoms with Gasteiger partial charge in [0.05, 0.1) is 12.0 Å². The summed E-state index contributed by atoms with van der Waals surface area (Å²) < 4.78 is 7.16. The van der Waals surface area contributed by atoms with E-state index in [2.05, 4.69) is 0 Å². The Labute approximate surface area is 187 Å². The van der Waals surface area contributed by atoms with Gasteiger partial charge in [-0.3, -0.25) is 9.36 Å². The van der Waals surface area contributed by atoms with E-state index in [-0.39, 0.29) is 17.4 Å². The Morgan fingerprint density at radius 1 is 1.26 bits per heavy atom. The van der Waals surface area contributed by atoms with Gasteiger partial charge in [-0.05, 0) is 56.6 Å². The summed E-state index contributed by atoms with van der Waals surface area (Å²) >= 11 is 1.64. The van der Waals surface area contributed by atoms with Gasteiger partial charge < -0.3 is 4.74 Å². The molecule has 0 bridgehead atoms. The van der Waals surface area contributed by atoms with Crippen molar-refractivity contribution in [2.24, 2.45) is 5.92 Å². The predicted octanol–water partition coefficient (Wildman–Crippen LogP) is 5.46. The molecule has 31 heavy (non-hydrogen) atoms. The maximum Gasteiger partial charge on any atom is 0.329 e. The maximum atomic E-state index is 13.9. The van der Waals surface area contributed by atoms with Gasteiger partial charge in [-0.15, -0.1) is 11.3 Å². The van der Waals surface area contributed by atoms with Crippen LogP contribution >= 0.6 is 11.3 Å². The van der Waals surface area contributed by atoms with Crippen LogP contribution in [-0.2, 0) is 22.4 Å². The van der Waals surface area contributed by atoms with Gasteiger partial charge in [0.1, 0.15) is 16.7 Å². The van der Waals surface area contributed by atoms with Crippen molar-refractivity contribution < 1.29 is 9.53 Å². The van der Waals surface area contributed by atoms with Crippen molar-refractivity contribution in [1.82, 2.24) is 9.55 Å². The van der Waals surface area contributed by atoms with Crippen LogP contribution in [0.15, 0.2) is 29.1 Å². The zero-order valence-corrected chi connectivity index (χ0v) is 19.6. The van der Waals surface area contributed by atoms with Crippen LogP contribution in [0.2, 0.25) is 0 Å². The van der Waals surface area contributed by atoms with E-state index in [1.54, 1.807) is 15.9 Å². The largest absolute Gasteiger partial charge is 0.464 e. The number of aromatic nitrogens is 2. The highest BCUT2D eigenvalue weighted by molar-refractivity contribution is 7.18. The molecule has 2 aromatic heterocycles. The van der Waals surface area contributed by atoms with Crippen molar-refractivity contribution in [2.75, 3.05) is 6.61 Å². The number of thiophene rings is 1. The molecule has 164 valence electrons. The van der Waals surface area contributed by atoms with Crippen molar-refractivity contribution in [3.63, 3.8) is 0 Å². The molecule has 4 rings (SSSR count). The van der Waals surface area contributed by atoms with Gasteiger partial charge in [0.25, 0.3) is 5.56 Å². The average molecular weight is 439 g/mol. The van der Waals surface area contributed by atoms with E-state index < -0.39 is 6.04 Å². The molecular weight excluding hydrogens is 408 g/mol. The van der Waals surface area contributed by atoms with E-state index in [1.807, 2.05) is 52.0 Å². The van der Waals surface area contributed by atoms with E-state index >= 15 is 0 Å². The lowest BCUT2D eigenvalue weighted by atomic mass is 9.97. The zero-order chi connectivity index (χ0) is 22.1. The highest BCUT2D eigenvalue weighted by atomic mass is 32.1. The number of benzene rings is 1. The second-order valence-corrected chi connectivity index (χ2v) is 9.90. The minimum absolute atomic E-state index is 0.116. The summed E-state index contributed by atoms with van der Waals surface area (Å²) in [6.07, 6.45) is 4.62. The smallest absolute Gasteiger partial charge is 0.329 e. The molecular formula is C25H30N2O3S. The summed E-state index contributed by atoms with van der Waals surface area (Å²) in [5.41, 5.74) is 2.95. The molecule has 0 amide bonds. The molecule has 0 saturated heterocycles. The topological polar surface area (TPSA) is 61.2 Å². The third-order valence-electron chi connectivity index (χ3n) is 5.83. The Balaban J connectivity index is 1.96. The molecule has 5 nitrogen and oxygen atoms in total. The highest BCUT2D eigenvalue weighted by Gasteiger charge is 2.29. The molecule has 1 aliphatic rings. The predicted molar refractivity (Wildman–Crippen MR) is 126 cm³/mol. The van der Waals surface area contributed by atoms with Crippen LogP contribution < -0.4 is 5.56 Å². The summed E-state index contributed by atoms with van der Waals surface area (Å²) in [6.45, 7) is 8.28. The Bertz CT molecular complexity index is 1180. The van der Waals surface area contributed by atoms with Crippen LogP contribution in [0.5, 0.6) is 0 Å². The summed E-state index contributed by atoms with van der Waals surface area (Å²) in [7, 11) is 0. The molecule has 0 saturated carbocycles. The van der Waals surface area contributed by atoms with E-state index in [1.165, 1.54) is 4.88 Å². The second kappa shape index (κ2) is 8.95. The second-order valence-electron chi connectivity index (χ2n) is 8.82. The fraction of sp³-hybridized carbons (Fsp3) is 0.480. The number of fused-ring (bicyclic) bond motifs is 3. The van der Waals surface area contributed by atoms with E-state index in [0.29, 0.717) is 24.2 Å². The molecule has 2 heterocycles. The van der Waals surface area contributed by atoms with E-state index in [4.69, 9.17) is 9.72 Å². The van der Waals surface area contributed by atoms with Crippen LogP contribution in [0.1, 0.15) is 62.1 Å². The molecule has 0 spiro atoms. The number of aryl methyl sites for hydroxylation is 3. The van der Waals surface area contributed by atoms with Gasteiger partial charge in [0.15, 0.2) is 0 Å². The number of carbonyl (C=O) groups is 1. The van der Waals surface area contributed by atoms with Crippen LogP contribution in [0.3, 0.4) is 0 Å². The zero-order valence-electron chi connectivity index (χ0n) is 18.7. The van der Waals surface area contributed by atoms with Gasteiger partial charge in [-0.25, -0.2) is 9.78 Å². The van der Waals surface area contributed by atoms with E-state index in [9.17, 15) is 9.59 Å². The third kappa shape index (κ3) is 4.18. The minimum Gasteiger partial charge on any atom is -0.464 e. The molecule has 1 aromatic carbocycles. The molecule has 0 aliphatic heterocycles. The Morgan fingerprint density at radius 2 is 2.03 bits per heavy atom. The molecule has 0 radical (unpaired) electrons. The lowest BCUT2D eigenvalue weighted by Crippen LogP contribution is -2.33. The molecule has 0 N–H and O–H groups in total. The number of nitrogens with zero attached hydrogens (tertiary/aromatic N) is 2. The summed E-state index contributed by atoms with van der Waals surface area (Å²) in [6, 6.07) is 7.25. The SMILES string of the molecule is CCC(C(=O)OCC(C)C)n1c(-c2cccc(C)c2)nc2sc3c(c2c1=O)CCCC3. The first-order valence-electron chi connectivity index (χ1n) is 11.2. The molecule has 1 atom stereocenters. The Hall–Kier alpha value is -2.47. The number of rotatable bonds is 6. The summed E-state index contributed by atoms with van der Waals surface area (Å²) in [5.74, 6) is 0.421. The normalized spacial score (nSPS) is 14.6. The molecule has 1 unspecified atom stereocenters.